The van der Waals surface area contributed by atoms with Crippen LogP contribution in [0, 0.1) is 0 Å². The molecule has 0 amide bonds. The smallest absolute Gasteiger partial charge is 0.368 e. The van der Waals surface area contributed by atoms with E-state index in [4.69, 9.17) is 0 Å². The molecule has 0 spiro atoms. The molecule has 0 aliphatic rings. The van der Waals surface area contributed by atoms with Gasteiger partial charge in [-0.1, -0.05) is 0 Å². The Kier molecular flexibility index (Phi) is 4.44. The minimum atomic E-state index is -4.26. The summed E-state index contributed by atoms with van der Waals surface area (Å²) >= 11 is 0. The first-order chi connectivity index (χ1) is 5.02. The van der Waals surface area contributed by atoms with Gasteiger partial charge in [-0.2, -0.15) is 13.2 Å². The van der Waals surface area contributed by atoms with Gasteiger partial charge in [0.1, 0.15) is 0 Å². The lowest BCUT2D eigenvalue weighted by molar-refractivity contribution is -0.216. The highest BCUT2D eigenvalue weighted by atomic mass is 19.4. The normalized spacial score (nSPS) is 15.0. The molecule has 0 rings (SSSR count). The molecule has 0 fully saturated rings. The molecule has 0 aromatic rings. The molecule has 0 bridgehead atoms. The van der Waals surface area contributed by atoms with Crippen LogP contribution in [0.1, 0.15) is 6.92 Å². The fraction of sp³-hybridized carbons (Fsp3) is 1.00. The van der Waals surface area contributed by atoms with Crippen LogP contribution >= 0.6 is 0 Å². The monoisotopic (exact) mass is 171 g/mol. The fourth-order valence-electron chi connectivity index (χ4n) is 0.656. The lowest BCUT2D eigenvalue weighted by Crippen LogP contribution is -2.39. The Labute approximate surface area is 63.7 Å². The molecule has 5 heteroatoms. The molecule has 2 nitrogen and oxygen atoms in total. The summed E-state index contributed by atoms with van der Waals surface area (Å²) in [6.45, 7) is 1.41. The second kappa shape index (κ2) is 4.56. The van der Waals surface area contributed by atoms with Crippen molar-refractivity contribution in [3.63, 3.8) is 0 Å². The van der Waals surface area contributed by atoms with Crippen molar-refractivity contribution >= 4 is 0 Å². The van der Waals surface area contributed by atoms with Crippen molar-refractivity contribution in [1.82, 2.24) is 5.32 Å². The van der Waals surface area contributed by atoms with E-state index in [1.54, 1.807) is 0 Å². The Balaban J connectivity index is 3.88. The van der Waals surface area contributed by atoms with Crippen molar-refractivity contribution in [2.24, 2.45) is 0 Å². The number of halogens is 3. The van der Waals surface area contributed by atoms with Crippen LogP contribution in [0.5, 0.6) is 0 Å². The number of nitrogens with one attached hydrogen (secondary N) is 1. The van der Waals surface area contributed by atoms with Crippen LogP contribution in [0.2, 0.25) is 0 Å². The van der Waals surface area contributed by atoms with Crippen LogP contribution in [0.3, 0.4) is 0 Å². The van der Waals surface area contributed by atoms with E-state index in [0.717, 1.165) is 0 Å². The second-order valence-electron chi connectivity index (χ2n) is 2.04. The average molecular weight is 171 g/mol. The van der Waals surface area contributed by atoms with E-state index in [0.29, 0.717) is 0 Å². The third kappa shape index (κ3) is 4.21. The molecule has 1 atom stereocenters. The third-order valence-electron chi connectivity index (χ3n) is 1.12. The van der Waals surface area contributed by atoms with Crippen LogP contribution in [0.15, 0.2) is 0 Å². The fourth-order valence-corrected chi connectivity index (χ4v) is 0.656. The Hall–Kier alpha value is -0.290. The zero-order valence-corrected chi connectivity index (χ0v) is 6.53. The van der Waals surface area contributed by atoms with Crippen LogP contribution in [0.25, 0.3) is 0 Å². The first-order valence-corrected chi connectivity index (χ1v) is 3.35. The summed E-state index contributed by atoms with van der Waals surface area (Å²) in [6.07, 6.45) is -5.95. The Morgan fingerprint density at radius 2 is 2.00 bits per heavy atom. The lowest BCUT2D eigenvalue weighted by atomic mass is 10.3. The molecule has 0 aliphatic heterocycles. The number of rotatable bonds is 4. The first-order valence-electron chi connectivity index (χ1n) is 3.35. The zero-order chi connectivity index (χ0) is 8.91. The summed E-state index contributed by atoms with van der Waals surface area (Å²) in [5, 5.41) is 2.41. The molecule has 0 aromatic carbocycles. The first kappa shape index (κ1) is 10.7. The van der Waals surface area contributed by atoms with Gasteiger partial charge in [0.2, 0.25) is 0 Å². The number of alkyl halides is 3. The molecule has 1 N–H and O–H groups in total. The minimum absolute atomic E-state index is 0.0753. The van der Waals surface area contributed by atoms with E-state index in [1.165, 1.54) is 14.0 Å². The summed E-state index contributed by atoms with van der Waals surface area (Å²) < 4.78 is 40.2. The van der Waals surface area contributed by atoms with Crippen LogP contribution < -0.4 is 5.32 Å². The summed E-state index contributed by atoms with van der Waals surface area (Å²) in [5.74, 6) is 0. The summed E-state index contributed by atoms with van der Waals surface area (Å²) in [5.41, 5.74) is 0. The summed E-state index contributed by atoms with van der Waals surface area (Å²) in [4.78, 5) is 0. The number of ether oxygens (including phenoxy) is 1. The van der Waals surface area contributed by atoms with Crippen molar-refractivity contribution in [3.8, 4) is 0 Å². The highest BCUT2D eigenvalue weighted by Gasteiger charge is 2.39. The van der Waals surface area contributed by atoms with E-state index in [2.05, 4.69) is 10.1 Å². The van der Waals surface area contributed by atoms with E-state index in [-0.39, 0.29) is 13.2 Å². The maximum atomic E-state index is 11.9. The topological polar surface area (TPSA) is 21.3 Å². The van der Waals surface area contributed by atoms with Gasteiger partial charge in [0.05, 0.1) is 0 Å². The molecule has 0 saturated carbocycles. The van der Waals surface area contributed by atoms with Crippen LogP contribution in [-0.4, -0.2) is 32.5 Å². The molecule has 0 aliphatic carbocycles. The summed E-state index contributed by atoms with van der Waals surface area (Å²) in [7, 11) is 1.46. The Morgan fingerprint density at radius 1 is 1.45 bits per heavy atom. The second-order valence-corrected chi connectivity index (χ2v) is 2.04. The van der Waals surface area contributed by atoms with Gasteiger partial charge in [-0.25, -0.2) is 0 Å². The lowest BCUT2D eigenvalue weighted by Gasteiger charge is -2.19. The highest BCUT2D eigenvalue weighted by molar-refractivity contribution is 4.68. The summed E-state index contributed by atoms with van der Waals surface area (Å²) in [6, 6.07) is 0. The van der Waals surface area contributed by atoms with Gasteiger partial charge >= 0.3 is 6.18 Å². The highest BCUT2D eigenvalue weighted by Crippen LogP contribution is 2.22. The molecule has 0 aromatic heterocycles. The van der Waals surface area contributed by atoms with Gasteiger partial charge in [0, 0.05) is 13.2 Å². The Bertz CT molecular complexity index is 98.5. The van der Waals surface area contributed by atoms with Crippen molar-refractivity contribution in [2.45, 2.75) is 19.2 Å². The maximum absolute atomic E-state index is 11.9. The molecule has 0 heterocycles. The number of hydrogen-bond acceptors (Lipinski definition) is 2. The van der Waals surface area contributed by atoms with Gasteiger partial charge in [-0.3, -0.25) is 0 Å². The number of likely N-dealkylation sites (N-methyl/N-ethyl adjacent to an activating group) is 1. The van der Waals surface area contributed by atoms with E-state index in [9.17, 15) is 13.2 Å². The molecule has 0 radical (unpaired) electrons. The number of hydrogen-bond donors (Lipinski definition) is 1. The van der Waals surface area contributed by atoms with Crippen LogP contribution in [-0.2, 0) is 4.74 Å². The van der Waals surface area contributed by atoms with Gasteiger partial charge < -0.3 is 10.1 Å². The van der Waals surface area contributed by atoms with Gasteiger partial charge in [-0.15, -0.1) is 0 Å². The molecule has 0 saturated heterocycles. The average Bonchev–Trinajstić information content (AvgIpc) is 1.85. The largest absolute Gasteiger partial charge is 0.415 e. The van der Waals surface area contributed by atoms with Crippen molar-refractivity contribution in [2.75, 3.05) is 20.2 Å². The molecular formula is C6H12F3NO. The molecular weight excluding hydrogens is 159 g/mol. The van der Waals surface area contributed by atoms with Crippen molar-refractivity contribution in [3.05, 3.63) is 0 Å². The molecule has 1 unspecified atom stereocenters. The standard InChI is InChI=1S/C6H12F3NO/c1-3-11-5(4-10-2)6(7,8)9/h5,10H,3-4H2,1-2H3. The third-order valence-corrected chi connectivity index (χ3v) is 1.12. The quantitative estimate of drug-likeness (QED) is 0.685. The van der Waals surface area contributed by atoms with E-state index < -0.39 is 12.3 Å². The van der Waals surface area contributed by atoms with Crippen LogP contribution in [0.4, 0.5) is 13.2 Å². The predicted octanol–water partition coefficient (Wildman–Crippen LogP) is 1.17. The van der Waals surface area contributed by atoms with Gasteiger partial charge in [0.15, 0.2) is 6.10 Å². The predicted molar refractivity (Wildman–Crippen MR) is 35.4 cm³/mol. The van der Waals surface area contributed by atoms with Crippen molar-refractivity contribution < 1.29 is 17.9 Å². The zero-order valence-electron chi connectivity index (χ0n) is 6.53. The van der Waals surface area contributed by atoms with Gasteiger partial charge in [-0.05, 0) is 14.0 Å². The maximum Gasteiger partial charge on any atom is 0.415 e. The molecule has 11 heavy (non-hydrogen) atoms. The van der Waals surface area contributed by atoms with E-state index in [1.807, 2.05) is 0 Å². The van der Waals surface area contributed by atoms with Crippen molar-refractivity contribution in [1.29, 1.82) is 0 Å². The molecule has 68 valence electrons. The Morgan fingerprint density at radius 3 is 2.27 bits per heavy atom. The SMILES string of the molecule is CCOC(CNC)C(F)(F)F. The van der Waals surface area contributed by atoms with E-state index >= 15 is 0 Å². The van der Waals surface area contributed by atoms with Gasteiger partial charge in [0.25, 0.3) is 0 Å². The minimum Gasteiger partial charge on any atom is -0.368 e.